The van der Waals surface area contributed by atoms with Crippen molar-refractivity contribution in [3.63, 3.8) is 0 Å². The second-order valence-electron chi connectivity index (χ2n) is 6.67. The minimum atomic E-state index is -4.32. The van der Waals surface area contributed by atoms with Gasteiger partial charge in [0.25, 0.3) is 0 Å². The minimum Gasteiger partial charge on any atom is -0.497 e. The number of nitrogens with zero attached hydrogens (tertiary/aromatic N) is 1. The number of ether oxygens (including phenoxy) is 2. The van der Waals surface area contributed by atoms with E-state index in [2.05, 4.69) is 4.89 Å². The average molecular weight is 408 g/mol. The SMILES string of the molecule is COc1ccc(C(=O)OC[C@H](COP(=O)(O)OCC[N+](C)(C)C)OO)cc1. The van der Waals surface area contributed by atoms with Gasteiger partial charge in [-0.3, -0.25) is 14.3 Å². The minimum absolute atomic E-state index is 0.00832. The Morgan fingerprint density at radius 2 is 1.78 bits per heavy atom. The van der Waals surface area contributed by atoms with E-state index in [1.54, 1.807) is 12.1 Å². The van der Waals surface area contributed by atoms with Gasteiger partial charge in [-0.25, -0.2) is 14.2 Å². The number of methoxy groups -OCH3 is 1. The lowest BCUT2D eigenvalue weighted by molar-refractivity contribution is -0.870. The van der Waals surface area contributed by atoms with Gasteiger partial charge in [0.15, 0.2) is 6.10 Å². The number of rotatable bonds is 12. The monoisotopic (exact) mass is 408 g/mol. The Morgan fingerprint density at radius 1 is 1.15 bits per heavy atom. The van der Waals surface area contributed by atoms with Gasteiger partial charge in [0.2, 0.25) is 0 Å². The smallest absolute Gasteiger partial charge is 0.472 e. The van der Waals surface area contributed by atoms with Gasteiger partial charge < -0.3 is 18.9 Å². The molecule has 0 fully saturated rings. The highest BCUT2D eigenvalue weighted by atomic mass is 31.2. The first-order chi connectivity index (χ1) is 12.6. The first-order valence-electron chi connectivity index (χ1n) is 8.10. The average Bonchev–Trinajstić information content (AvgIpc) is 2.60. The van der Waals surface area contributed by atoms with Crippen molar-refractivity contribution in [2.24, 2.45) is 0 Å². The van der Waals surface area contributed by atoms with Crippen LogP contribution in [0.3, 0.4) is 0 Å². The highest BCUT2D eigenvalue weighted by Gasteiger charge is 2.25. The molecule has 1 unspecified atom stereocenters. The molecular weight excluding hydrogens is 381 g/mol. The van der Waals surface area contributed by atoms with E-state index in [0.29, 0.717) is 16.8 Å². The Bertz CT molecular complexity index is 630. The molecule has 0 spiro atoms. The zero-order valence-corrected chi connectivity index (χ0v) is 16.8. The van der Waals surface area contributed by atoms with E-state index >= 15 is 0 Å². The second kappa shape index (κ2) is 10.7. The molecule has 2 N–H and O–H groups in total. The highest BCUT2D eigenvalue weighted by Crippen LogP contribution is 2.43. The standard InChI is InChI=1S/C16H26NO9P/c1-17(2,3)9-10-24-27(20,21)25-12-15(26-19)11-23-16(18)13-5-7-14(22-4)8-6-13/h5-8,15H,9-12H2,1-4H3,(H-,19,20,21)/p+1/t15-/m1/s1. The first-order valence-corrected chi connectivity index (χ1v) is 9.59. The van der Waals surface area contributed by atoms with Crippen LogP contribution >= 0.6 is 7.82 Å². The summed E-state index contributed by atoms with van der Waals surface area (Å²) in [5.74, 6) is -0.0773. The van der Waals surface area contributed by atoms with Crippen LogP contribution in [0.1, 0.15) is 10.4 Å². The van der Waals surface area contributed by atoms with E-state index in [1.807, 2.05) is 21.1 Å². The summed E-state index contributed by atoms with van der Waals surface area (Å²) < 4.78 is 31.9. The molecule has 0 heterocycles. The van der Waals surface area contributed by atoms with Crippen LogP contribution in [-0.4, -0.2) is 81.3 Å². The van der Waals surface area contributed by atoms with E-state index < -0.39 is 26.5 Å². The molecule has 0 radical (unpaired) electrons. The van der Waals surface area contributed by atoms with Crippen LogP contribution in [0.5, 0.6) is 5.75 Å². The molecule has 11 heteroatoms. The van der Waals surface area contributed by atoms with E-state index in [4.69, 9.17) is 23.8 Å². The van der Waals surface area contributed by atoms with Crippen molar-refractivity contribution >= 4 is 13.8 Å². The number of likely N-dealkylation sites (N-methyl/N-ethyl adjacent to an activating group) is 1. The number of carbonyl (C=O) groups is 1. The molecule has 0 aliphatic rings. The molecular formula is C16H27NO9P+. The third kappa shape index (κ3) is 9.83. The Kier molecular flexibility index (Phi) is 9.34. The summed E-state index contributed by atoms with van der Waals surface area (Å²) in [5.41, 5.74) is 0.268. The first kappa shape index (κ1) is 23.5. The summed E-state index contributed by atoms with van der Waals surface area (Å²) in [5, 5.41) is 8.85. The van der Waals surface area contributed by atoms with Crippen LogP contribution in [0.2, 0.25) is 0 Å². The van der Waals surface area contributed by atoms with Crippen molar-refractivity contribution in [2.45, 2.75) is 6.10 Å². The fraction of sp³-hybridized carbons (Fsp3) is 0.562. The summed E-state index contributed by atoms with van der Waals surface area (Å²) in [4.78, 5) is 25.7. The lowest BCUT2D eigenvalue weighted by Gasteiger charge is -2.24. The van der Waals surface area contributed by atoms with Gasteiger partial charge in [0.1, 0.15) is 25.5 Å². The molecule has 154 valence electrons. The highest BCUT2D eigenvalue weighted by molar-refractivity contribution is 7.47. The summed E-state index contributed by atoms with van der Waals surface area (Å²) in [7, 11) is 2.89. The topological polar surface area (TPSA) is 121 Å². The number of benzene rings is 1. The van der Waals surface area contributed by atoms with Crippen molar-refractivity contribution in [1.29, 1.82) is 0 Å². The summed E-state index contributed by atoms with van der Waals surface area (Å²) in [6.07, 6.45) is -1.16. The van der Waals surface area contributed by atoms with Crippen LogP contribution in [0.15, 0.2) is 24.3 Å². The van der Waals surface area contributed by atoms with Crippen LogP contribution in [0, 0.1) is 0 Å². The molecule has 0 amide bonds. The predicted molar refractivity (Wildman–Crippen MR) is 95.4 cm³/mol. The number of carbonyl (C=O) groups excluding carboxylic acids is 1. The third-order valence-electron chi connectivity index (χ3n) is 3.32. The molecule has 0 aliphatic carbocycles. The van der Waals surface area contributed by atoms with Crippen LogP contribution in [0.25, 0.3) is 0 Å². The molecule has 27 heavy (non-hydrogen) atoms. The number of phosphoric acid groups is 1. The quantitative estimate of drug-likeness (QED) is 0.174. The Morgan fingerprint density at radius 3 is 2.30 bits per heavy atom. The summed E-state index contributed by atoms with van der Waals surface area (Å²) in [6, 6.07) is 6.21. The molecule has 0 saturated carbocycles. The van der Waals surface area contributed by atoms with E-state index in [1.165, 1.54) is 19.2 Å². The fourth-order valence-electron chi connectivity index (χ4n) is 1.73. The van der Waals surface area contributed by atoms with Gasteiger partial charge in [-0.1, -0.05) is 0 Å². The largest absolute Gasteiger partial charge is 0.497 e. The number of phosphoric ester groups is 1. The van der Waals surface area contributed by atoms with Gasteiger partial charge in [0, 0.05) is 0 Å². The van der Waals surface area contributed by atoms with Gasteiger partial charge in [-0.2, -0.15) is 0 Å². The zero-order valence-electron chi connectivity index (χ0n) is 15.9. The Labute approximate surface area is 158 Å². The van der Waals surface area contributed by atoms with Gasteiger partial charge in [-0.05, 0) is 24.3 Å². The van der Waals surface area contributed by atoms with Crippen LogP contribution in [-0.2, 0) is 23.2 Å². The molecule has 1 aromatic carbocycles. The van der Waals surface area contributed by atoms with Gasteiger partial charge >= 0.3 is 13.8 Å². The van der Waals surface area contributed by atoms with Crippen LogP contribution < -0.4 is 4.74 Å². The van der Waals surface area contributed by atoms with Crippen molar-refractivity contribution in [3.8, 4) is 5.75 Å². The molecule has 1 rings (SSSR count). The molecule has 1 aromatic rings. The number of esters is 1. The zero-order chi connectivity index (χ0) is 20.5. The Balaban J connectivity index is 2.42. The summed E-state index contributed by atoms with van der Waals surface area (Å²) in [6.45, 7) is -0.396. The van der Waals surface area contributed by atoms with Gasteiger partial charge in [-0.15, -0.1) is 0 Å². The summed E-state index contributed by atoms with van der Waals surface area (Å²) >= 11 is 0. The van der Waals surface area contributed by atoms with E-state index in [-0.39, 0.29) is 18.8 Å². The Hall–Kier alpha value is -1.52. The molecule has 0 bridgehead atoms. The van der Waals surface area contributed by atoms with Crippen molar-refractivity contribution in [2.75, 3.05) is 54.6 Å². The lowest BCUT2D eigenvalue weighted by atomic mass is 10.2. The molecule has 10 nitrogen and oxygen atoms in total. The maximum absolute atomic E-state index is 11.9. The number of hydrogen-bond acceptors (Lipinski definition) is 8. The predicted octanol–water partition coefficient (Wildman–Crippen LogP) is 1.55. The fourth-order valence-corrected chi connectivity index (χ4v) is 2.47. The van der Waals surface area contributed by atoms with Crippen molar-refractivity contribution < 1.29 is 47.4 Å². The van der Waals surface area contributed by atoms with Crippen LogP contribution in [0.4, 0.5) is 0 Å². The van der Waals surface area contributed by atoms with Crippen molar-refractivity contribution in [1.82, 2.24) is 0 Å². The molecule has 0 saturated heterocycles. The second-order valence-corrected chi connectivity index (χ2v) is 8.12. The van der Waals surface area contributed by atoms with E-state index in [9.17, 15) is 14.3 Å². The van der Waals surface area contributed by atoms with Crippen molar-refractivity contribution in [3.05, 3.63) is 29.8 Å². The number of quaternary nitrogens is 1. The lowest BCUT2D eigenvalue weighted by Crippen LogP contribution is -2.37. The van der Waals surface area contributed by atoms with Gasteiger partial charge in [0.05, 0.1) is 40.4 Å². The maximum atomic E-state index is 11.9. The van der Waals surface area contributed by atoms with E-state index in [0.717, 1.165) is 0 Å². The third-order valence-corrected chi connectivity index (χ3v) is 4.30. The normalized spacial score (nSPS) is 15.0. The number of hydrogen-bond donors (Lipinski definition) is 2. The maximum Gasteiger partial charge on any atom is 0.472 e. The molecule has 0 aromatic heterocycles. The molecule has 0 aliphatic heterocycles. The molecule has 2 atom stereocenters.